The number of thiophene rings is 1. The highest BCUT2D eigenvalue weighted by atomic mass is 32.1. The Hall–Kier alpha value is -1.98. The summed E-state index contributed by atoms with van der Waals surface area (Å²) < 4.78 is 1.24. The van der Waals surface area contributed by atoms with Crippen LogP contribution in [0.4, 0.5) is 5.13 Å². The molecule has 0 atom stereocenters. The molecule has 1 amide bonds. The Morgan fingerprint density at radius 1 is 1.35 bits per heavy atom. The molecule has 2 aromatic heterocycles. The van der Waals surface area contributed by atoms with Crippen LogP contribution >= 0.6 is 22.7 Å². The van der Waals surface area contributed by atoms with Crippen LogP contribution in [0.3, 0.4) is 0 Å². The maximum Gasteiger partial charge on any atom is 0.250 e. The minimum absolute atomic E-state index is 0.156. The van der Waals surface area contributed by atoms with E-state index in [0.29, 0.717) is 5.13 Å². The maximum absolute atomic E-state index is 11.8. The Labute approximate surface area is 124 Å². The Morgan fingerprint density at radius 3 is 2.95 bits per heavy atom. The second-order valence-corrected chi connectivity index (χ2v) is 6.23. The fraction of sp³-hybridized carbons (Fsp3) is 0.0667. The number of aryl methyl sites for hydroxylation is 1. The minimum Gasteiger partial charge on any atom is -0.298 e. The number of benzene rings is 1. The van der Waals surface area contributed by atoms with Crippen LogP contribution in [-0.2, 0) is 4.79 Å². The smallest absolute Gasteiger partial charge is 0.250 e. The predicted molar refractivity (Wildman–Crippen MR) is 86.3 cm³/mol. The number of nitrogens with zero attached hydrogens (tertiary/aromatic N) is 1. The number of anilines is 1. The SMILES string of the molecule is Cc1c(/C=C/C(=O)Nc2nccs2)sc2ccccc12. The number of hydrogen-bond acceptors (Lipinski definition) is 4. The summed E-state index contributed by atoms with van der Waals surface area (Å²) in [6, 6.07) is 8.26. The lowest BCUT2D eigenvalue weighted by molar-refractivity contribution is -0.111. The standard InChI is InChI=1S/C15H12N2OS2/c1-10-11-4-2-3-5-13(11)20-12(10)6-7-14(18)17-15-16-8-9-19-15/h2-9H,1H3,(H,16,17,18)/b7-6+. The van der Waals surface area contributed by atoms with Crippen LogP contribution in [0.5, 0.6) is 0 Å². The van der Waals surface area contributed by atoms with Crippen molar-refractivity contribution in [2.75, 3.05) is 5.32 Å². The van der Waals surface area contributed by atoms with Gasteiger partial charge in [0.1, 0.15) is 0 Å². The van der Waals surface area contributed by atoms with E-state index in [1.807, 2.05) is 23.6 Å². The van der Waals surface area contributed by atoms with Gasteiger partial charge in [-0.2, -0.15) is 0 Å². The molecule has 0 aliphatic rings. The number of carbonyl (C=O) groups excluding carboxylic acids is 1. The number of rotatable bonds is 3. The minimum atomic E-state index is -0.156. The highest BCUT2D eigenvalue weighted by Gasteiger charge is 2.06. The Kier molecular flexibility index (Phi) is 3.62. The Bertz CT molecular complexity index is 772. The predicted octanol–water partition coefficient (Wildman–Crippen LogP) is 4.32. The van der Waals surface area contributed by atoms with E-state index >= 15 is 0 Å². The third kappa shape index (κ3) is 2.64. The third-order valence-corrected chi connectivity index (χ3v) is 4.86. The summed E-state index contributed by atoms with van der Waals surface area (Å²) in [4.78, 5) is 16.9. The first-order valence-corrected chi connectivity index (χ1v) is 7.80. The molecule has 0 bridgehead atoms. The molecule has 0 fully saturated rings. The fourth-order valence-electron chi connectivity index (χ4n) is 1.94. The highest BCUT2D eigenvalue weighted by Crippen LogP contribution is 2.31. The van der Waals surface area contributed by atoms with Gasteiger partial charge in [0.05, 0.1) is 0 Å². The van der Waals surface area contributed by atoms with E-state index in [9.17, 15) is 4.79 Å². The normalized spacial score (nSPS) is 11.2. The van der Waals surface area contributed by atoms with E-state index < -0.39 is 0 Å². The van der Waals surface area contributed by atoms with Crippen LogP contribution in [0.2, 0.25) is 0 Å². The summed E-state index contributed by atoms with van der Waals surface area (Å²) >= 11 is 3.10. The molecule has 3 nitrogen and oxygen atoms in total. The Balaban J connectivity index is 1.80. The van der Waals surface area contributed by atoms with Gasteiger partial charge in [-0.3, -0.25) is 10.1 Å². The van der Waals surface area contributed by atoms with Gasteiger partial charge in [-0.05, 0) is 30.0 Å². The molecule has 2 heterocycles. The van der Waals surface area contributed by atoms with Crippen molar-refractivity contribution in [3.8, 4) is 0 Å². The topological polar surface area (TPSA) is 42.0 Å². The number of carbonyl (C=O) groups is 1. The van der Waals surface area contributed by atoms with Crippen LogP contribution in [0.25, 0.3) is 16.2 Å². The van der Waals surface area contributed by atoms with Crippen molar-refractivity contribution in [2.45, 2.75) is 6.92 Å². The molecule has 1 N–H and O–H groups in total. The van der Waals surface area contributed by atoms with Gasteiger partial charge >= 0.3 is 0 Å². The first-order valence-electron chi connectivity index (χ1n) is 6.11. The van der Waals surface area contributed by atoms with Gasteiger partial charge in [0, 0.05) is 27.2 Å². The van der Waals surface area contributed by atoms with Crippen molar-refractivity contribution < 1.29 is 4.79 Å². The maximum atomic E-state index is 11.8. The summed E-state index contributed by atoms with van der Waals surface area (Å²) in [6.07, 6.45) is 5.09. The van der Waals surface area contributed by atoms with Crippen LogP contribution in [0.1, 0.15) is 10.4 Å². The molecule has 1 aromatic carbocycles. The number of fused-ring (bicyclic) bond motifs is 1. The summed E-state index contributed by atoms with van der Waals surface area (Å²) in [5, 5.41) is 6.43. The molecule has 20 heavy (non-hydrogen) atoms. The van der Waals surface area contributed by atoms with Gasteiger partial charge in [-0.25, -0.2) is 4.98 Å². The molecule has 5 heteroatoms. The van der Waals surface area contributed by atoms with Crippen molar-refractivity contribution in [3.63, 3.8) is 0 Å². The second kappa shape index (κ2) is 5.56. The molecular weight excluding hydrogens is 288 g/mol. The zero-order valence-electron chi connectivity index (χ0n) is 10.8. The van der Waals surface area contributed by atoms with E-state index in [4.69, 9.17) is 0 Å². The van der Waals surface area contributed by atoms with Crippen LogP contribution in [0.15, 0.2) is 41.9 Å². The zero-order valence-corrected chi connectivity index (χ0v) is 12.4. The lowest BCUT2D eigenvalue weighted by Gasteiger charge is -1.95. The van der Waals surface area contributed by atoms with Gasteiger partial charge in [-0.1, -0.05) is 18.2 Å². The molecule has 0 radical (unpaired) electrons. The average Bonchev–Trinajstić information content (AvgIpc) is 3.06. The lowest BCUT2D eigenvalue weighted by atomic mass is 10.1. The number of amides is 1. The zero-order chi connectivity index (χ0) is 13.9. The van der Waals surface area contributed by atoms with Gasteiger partial charge in [-0.15, -0.1) is 22.7 Å². The molecule has 0 saturated heterocycles. The van der Waals surface area contributed by atoms with Gasteiger partial charge < -0.3 is 0 Å². The van der Waals surface area contributed by atoms with Gasteiger partial charge in [0.2, 0.25) is 5.91 Å². The number of hydrogen-bond donors (Lipinski definition) is 1. The van der Waals surface area contributed by atoms with Crippen molar-refractivity contribution in [3.05, 3.63) is 52.4 Å². The molecule has 0 unspecified atom stereocenters. The van der Waals surface area contributed by atoms with E-state index in [-0.39, 0.29) is 5.91 Å². The molecule has 0 aliphatic heterocycles. The average molecular weight is 300 g/mol. The summed E-state index contributed by atoms with van der Waals surface area (Å²) in [5.74, 6) is -0.156. The first-order chi connectivity index (χ1) is 9.74. The van der Waals surface area contributed by atoms with Gasteiger partial charge in [0.15, 0.2) is 5.13 Å². The van der Waals surface area contributed by atoms with Crippen LogP contribution in [0, 0.1) is 6.92 Å². The quantitative estimate of drug-likeness (QED) is 0.732. The van der Waals surface area contributed by atoms with Crippen molar-refractivity contribution in [1.29, 1.82) is 0 Å². The summed E-state index contributed by atoms with van der Waals surface area (Å²) in [7, 11) is 0. The monoisotopic (exact) mass is 300 g/mol. The molecular formula is C15H12N2OS2. The molecule has 0 saturated carbocycles. The number of aromatic nitrogens is 1. The van der Waals surface area contributed by atoms with E-state index in [1.54, 1.807) is 23.6 Å². The summed E-state index contributed by atoms with van der Waals surface area (Å²) in [6.45, 7) is 2.08. The molecule has 0 spiro atoms. The van der Waals surface area contributed by atoms with Crippen LogP contribution < -0.4 is 5.32 Å². The van der Waals surface area contributed by atoms with E-state index in [2.05, 4.69) is 29.4 Å². The van der Waals surface area contributed by atoms with E-state index in [0.717, 1.165) is 4.88 Å². The summed E-state index contributed by atoms with van der Waals surface area (Å²) in [5.41, 5.74) is 1.21. The third-order valence-electron chi connectivity index (χ3n) is 2.93. The van der Waals surface area contributed by atoms with Crippen molar-refractivity contribution in [1.82, 2.24) is 4.98 Å². The molecule has 3 aromatic rings. The first kappa shape index (κ1) is 13.0. The van der Waals surface area contributed by atoms with E-state index in [1.165, 1.54) is 27.0 Å². The highest BCUT2D eigenvalue weighted by molar-refractivity contribution is 7.20. The number of thiazole rings is 1. The van der Waals surface area contributed by atoms with Gasteiger partial charge in [0.25, 0.3) is 0 Å². The molecule has 100 valence electrons. The second-order valence-electron chi connectivity index (χ2n) is 4.25. The largest absolute Gasteiger partial charge is 0.298 e. The molecule has 3 rings (SSSR count). The van der Waals surface area contributed by atoms with Crippen molar-refractivity contribution in [2.24, 2.45) is 0 Å². The lowest BCUT2D eigenvalue weighted by Crippen LogP contribution is -2.06. The molecule has 0 aliphatic carbocycles. The van der Waals surface area contributed by atoms with Crippen LogP contribution in [-0.4, -0.2) is 10.9 Å². The van der Waals surface area contributed by atoms with Crippen molar-refractivity contribution >= 4 is 49.9 Å². The Morgan fingerprint density at radius 2 is 2.20 bits per heavy atom. The fourth-order valence-corrected chi connectivity index (χ4v) is 3.58. The number of nitrogens with one attached hydrogen (secondary N) is 1.